The number of carbonyl (C=O) groups is 1. The largest absolute Gasteiger partial charge is 0.371 e. The van der Waals surface area contributed by atoms with Crippen LogP contribution in [-0.4, -0.2) is 42.3 Å². The number of fused-ring (bicyclic) bond motifs is 1. The number of allylic oxidation sites excluding steroid dienone is 2. The summed E-state index contributed by atoms with van der Waals surface area (Å²) >= 11 is 6.62. The highest BCUT2D eigenvalue weighted by Gasteiger charge is 2.30. The summed E-state index contributed by atoms with van der Waals surface area (Å²) in [6.45, 7) is 16.0. The first-order valence-electron chi connectivity index (χ1n) is 14.2. The molecule has 1 fully saturated rings. The fraction of sp³-hybridized carbons (Fsp3) is 0.515. The van der Waals surface area contributed by atoms with E-state index in [-0.39, 0.29) is 0 Å². The van der Waals surface area contributed by atoms with Crippen molar-refractivity contribution < 1.29 is 4.79 Å². The number of halogens is 1. The number of pyridine rings is 1. The van der Waals surface area contributed by atoms with Crippen molar-refractivity contribution in [2.75, 3.05) is 31.1 Å². The van der Waals surface area contributed by atoms with Crippen molar-refractivity contribution in [3.8, 4) is 11.1 Å². The number of anilines is 1. The molecule has 0 atom stereocenters. The molecule has 1 aromatic heterocycles. The number of hydrogen-bond donors (Lipinski definition) is 0. The van der Waals surface area contributed by atoms with Crippen molar-refractivity contribution >= 4 is 23.6 Å². The van der Waals surface area contributed by atoms with E-state index >= 15 is 0 Å². The Balaban J connectivity index is 1.47. The second-order valence-electron chi connectivity index (χ2n) is 12.3. The SMILES string of the molecule is CC1=CCCC(Cl)=C1CN1CCc2cc(-c3c(C)nc(C)c(CC=O)c3N3CCC(C)(C)CC3)ccc2C1. The van der Waals surface area contributed by atoms with Crippen molar-refractivity contribution in [2.24, 2.45) is 5.41 Å². The number of rotatable bonds is 6. The summed E-state index contributed by atoms with van der Waals surface area (Å²) < 4.78 is 0. The molecular formula is C33H42ClN3O. The van der Waals surface area contributed by atoms with Crippen LogP contribution in [0.3, 0.4) is 0 Å². The predicted molar refractivity (Wildman–Crippen MR) is 159 cm³/mol. The van der Waals surface area contributed by atoms with E-state index in [0.717, 1.165) is 93.1 Å². The number of aromatic nitrogens is 1. The average Bonchev–Trinajstić information content (AvgIpc) is 2.88. The number of hydrogen-bond acceptors (Lipinski definition) is 4. The molecule has 0 spiro atoms. The molecule has 38 heavy (non-hydrogen) atoms. The summed E-state index contributed by atoms with van der Waals surface area (Å²) in [7, 11) is 0. The van der Waals surface area contributed by atoms with E-state index in [1.807, 2.05) is 0 Å². The van der Waals surface area contributed by atoms with Gasteiger partial charge in [0.1, 0.15) is 6.29 Å². The predicted octanol–water partition coefficient (Wildman–Crippen LogP) is 7.32. The van der Waals surface area contributed by atoms with Gasteiger partial charge in [0, 0.05) is 66.7 Å². The quantitative estimate of drug-likeness (QED) is 0.366. The van der Waals surface area contributed by atoms with Crippen LogP contribution < -0.4 is 4.90 Å². The van der Waals surface area contributed by atoms with Gasteiger partial charge in [0.2, 0.25) is 0 Å². The lowest BCUT2D eigenvalue weighted by Crippen LogP contribution is -2.38. The zero-order valence-corrected chi connectivity index (χ0v) is 24.5. The van der Waals surface area contributed by atoms with Crippen LogP contribution >= 0.6 is 11.6 Å². The van der Waals surface area contributed by atoms with Gasteiger partial charge in [-0.15, -0.1) is 0 Å². The third kappa shape index (κ3) is 5.49. The zero-order chi connectivity index (χ0) is 27.0. The molecule has 0 unspecified atom stereocenters. The Kier molecular flexibility index (Phi) is 7.84. The third-order valence-corrected chi connectivity index (χ3v) is 9.38. The molecule has 0 N–H and O–H groups in total. The molecule has 0 bridgehead atoms. The highest BCUT2D eigenvalue weighted by atomic mass is 35.5. The second-order valence-corrected chi connectivity index (χ2v) is 12.7. The van der Waals surface area contributed by atoms with Crippen LogP contribution in [0.1, 0.15) is 74.5 Å². The molecule has 3 heterocycles. The second kappa shape index (κ2) is 11.0. The molecule has 2 aliphatic heterocycles. The fourth-order valence-electron chi connectivity index (χ4n) is 6.47. The van der Waals surface area contributed by atoms with E-state index < -0.39 is 0 Å². The number of benzene rings is 1. The molecule has 1 saturated heterocycles. The lowest BCUT2D eigenvalue weighted by atomic mass is 9.82. The van der Waals surface area contributed by atoms with Crippen molar-refractivity contribution in [1.82, 2.24) is 9.88 Å². The molecule has 0 amide bonds. The van der Waals surface area contributed by atoms with Crippen LogP contribution in [0.25, 0.3) is 11.1 Å². The van der Waals surface area contributed by atoms with Gasteiger partial charge in [-0.3, -0.25) is 9.88 Å². The van der Waals surface area contributed by atoms with Crippen LogP contribution in [0.4, 0.5) is 5.69 Å². The van der Waals surface area contributed by atoms with Crippen molar-refractivity contribution in [3.05, 3.63) is 68.5 Å². The summed E-state index contributed by atoms with van der Waals surface area (Å²) in [5, 5.41) is 1.04. The maximum Gasteiger partial charge on any atom is 0.124 e. The molecule has 5 rings (SSSR count). The van der Waals surface area contributed by atoms with Gasteiger partial charge in [-0.25, -0.2) is 0 Å². The van der Waals surface area contributed by atoms with Gasteiger partial charge >= 0.3 is 0 Å². The van der Waals surface area contributed by atoms with Crippen LogP contribution in [0.15, 0.2) is 40.5 Å². The lowest BCUT2D eigenvalue weighted by molar-refractivity contribution is -0.107. The third-order valence-electron chi connectivity index (χ3n) is 8.96. The number of carbonyl (C=O) groups excluding carboxylic acids is 1. The van der Waals surface area contributed by atoms with E-state index in [1.165, 1.54) is 39.1 Å². The van der Waals surface area contributed by atoms with E-state index in [4.69, 9.17) is 16.6 Å². The minimum atomic E-state index is 0.364. The van der Waals surface area contributed by atoms with E-state index in [9.17, 15) is 4.79 Å². The standard InChI is InChI=1S/C33H42ClN3O/c1-22-7-6-8-30(34)29(22)21-36-15-11-25-19-26(9-10-27(25)20-36)31-24(3)35-23(2)28(12-18-38)32(31)37-16-13-33(4,5)14-17-37/h7,9-10,18-19H,6,8,11-17,20-21H2,1-5H3. The molecule has 3 aliphatic rings. The summed E-state index contributed by atoms with van der Waals surface area (Å²) in [5.74, 6) is 0. The minimum absolute atomic E-state index is 0.364. The minimum Gasteiger partial charge on any atom is -0.371 e. The Labute approximate surface area is 233 Å². The van der Waals surface area contributed by atoms with Gasteiger partial charge in [0.15, 0.2) is 0 Å². The van der Waals surface area contributed by atoms with Crippen LogP contribution in [0.5, 0.6) is 0 Å². The van der Waals surface area contributed by atoms with Gasteiger partial charge in [-0.05, 0) is 86.1 Å². The summed E-state index contributed by atoms with van der Waals surface area (Å²) in [6.07, 6.45) is 9.13. The van der Waals surface area contributed by atoms with Gasteiger partial charge in [0.05, 0.1) is 5.69 Å². The Morgan fingerprint density at radius 1 is 1.03 bits per heavy atom. The highest BCUT2D eigenvalue weighted by molar-refractivity contribution is 6.30. The number of aldehydes is 1. The van der Waals surface area contributed by atoms with Crippen LogP contribution in [0.2, 0.25) is 0 Å². The molecule has 0 radical (unpaired) electrons. The first-order valence-corrected chi connectivity index (χ1v) is 14.6. The Bertz CT molecular complexity index is 1300. The fourth-order valence-corrected chi connectivity index (χ4v) is 6.78. The summed E-state index contributed by atoms with van der Waals surface area (Å²) in [6, 6.07) is 6.99. The Morgan fingerprint density at radius 3 is 2.50 bits per heavy atom. The number of nitrogens with zero attached hydrogens (tertiary/aromatic N) is 3. The lowest BCUT2D eigenvalue weighted by Gasteiger charge is -2.40. The molecule has 202 valence electrons. The summed E-state index contributed by atoms with van der Waals surface area (Å²) in [5.41, 5.74) is 12.6. The van der Waals surface area contributed by atoms with E-state index in [0.29, 0.717) is 11.8 Å². The van der Waals surface area contributed by atoms with Gasteiger partial charge in [-0.2, -0.15) is 0 Å². The molecule has 2 aromatic rings. The smallest absolute Gasteiger partial charge is 0.124 e. The molecule has 1 aliphatic carbocycles. The van der Waals surface area contributed by atoms with Crippen LogP contribution in [0, 0.1) is 19.3 Å². The molecule has 0 saturated carbocycles. The highest BCUT2D eigenvalue weighted by Crippen LogP contribution is 2.42. The van der Waals surface area contributed by atoms with Crippen molar-refractivity contribution in [1.29, 1.82) is 0 Å². The Hall–Kier alpha value is -2.43. The molecular weight excluding hydrogens is 490 g/mol. The maximum absolute atomic E-state index is 11.7. The van der Waals surface area contributed by atoms with Gasteiger partial charge in [-0.1, -0.05) is 49.7 Å². The van der Waals surface area contributed by atoms with Crippen LogP contribution in [-0.2, 0) is 24.2 Å². The van der Waals surface area contributed by atoms with Gasteiger partial charge in [0.25, 0.3) is 0 Å². The van der Waals surface area contributed by atoms with Gasteiger partial charge < -0.3 is 9.69 Å². The normalized spacial score (nSPS) is 19.8. The molecule has 4 nitrogen and oxygen atoms in total. The topological polar surface area (TPSA) is 36.4 Å². The van der Waals surface area contributed by atoms with E-state index in [2.05, 4.69) is 68.7 Å². The first-order chi connectivity index (χ1) is 18.2. The maximum atomic E-state index is 11.7. The van der Waals surface area contributed by atoms with E-state index in [1.54, 1.807) is 0 Å². The first kappa shape index (κ1) is 27.1. The molecule has 1 aromatic carbocycles. The molecule has 5 heteroatoms. The number of aryl methyl sites for hydroxylation is 2. The monoisotopic (exact) mass is 531 g/mol. The summed E-state index contributed by atoms with van der Waals surface area (Å²) in [4.78, 5) is 21.7. The zero-order valence-electron chi connectivity index (χ0n) is 23.8. The number of piperidine rings is 1. The van der Waals surface area contributed by atoms with Crippen molar-refractivity contribution in [2.45, 2.75) is 79.7 Å². The average molecular weight is 532 g/mol. The van der Waals surface area contributed by atoms with Crippen molar-refractivity contribution in [3.63, 3.8) is 0 Å². The Morgan fingerprint density at radius 2 is 1.79 bits per heavy atom.